The molecular weight excluding hydrogens is 433 g/mol. The lowest BCUT2D eigenvalue weighted by Crippen LogP contribution is -2.49. The minimum absolute atomic E-state index is 0.00234. The molecule has 0 saturated carbocycles. The molecule has 0 bridgehead atoms. The predicted molar refractivity (Wildman–Crippen MR) is 128 cm³/mol. The van der Waals surface area contributed by atoms with E-state index in [0.29, 0.717) is 57.4 Å². The minimum Gasteiger partial charge on any atom is -0.349 e. The number of nitrogens with one attached hydrogen (secondary N) is 1. The van der Waals surface area contributed by atoms with Crippen LogP contribution >= 0.6 is 0 Å². The molecule has 7 heteroatoms. The number of amides is 3. The molecule has 0 aliphatic carbocycles. The highest BCUT2D eigenvalue weighted by atomic mass is 19.1. The van der Waals surface area contributed by atoms with Gasteiger partial charge in [0.2, 0.25) is 11.8 Å². The number of halogens is 1. The van der Waals surface area contributed by atoms with E-state index >= 15 is 0 Å². The Labute approximate surface area is 199 Å². The molecule has 0 aromatic heterocycles. The van der Waals surface area contributed by atoms with E-state index in [-0.39, 0.29) is 35.5 Å². The van der Waals surface area contributed by atoms with E-state index in [9.17, 15) is 18.8 Å². The first kappa shape index (κ1) is 23.7. The SMILES string of the molecule is O=C(NC1CCN(C(=O)C2CCN(C(=O)/C=C/c3ccccc3)CC2)CC1)c1ccc(F)cc1. The van der Waals surface area contributed by atoms with E-state index in [4.69, 9.17) is 0 Å². The summed E-state index contributed by atoms with van der Waals surface area (Å²) >= 11 is 0. The molecule has 34 heavy (non-hydrogen) atoms. The molecule has 4 rings (SSSR count). The Morgan fingerprint density at radius 2 is 1.44 bits per heavy atom. The van der Waals surface area contributed by atoms with Crippen molar-refractivity contribution in [3.05, 3.63) is 77.6 Å². The molecule has 0 radical (unpaired) electrons. The van der Waals surface area contributed by atoms with Crippen LogP contribution in [-0.2, 0) is 9.59 Å². The zero-order valence-electron chi connectivity index (χ0n) is 19.2. The van der Waals surface area contributed by atoms with Crippen molar-refractivity contribution in [2.45, 2.75) is 31.7 Å². The summed E-state index contributed by atoms with van der Waals surface area (Å²) in [5, 5.41) is 2.99. The lowest BCUT2D eigenvalue weighted by molar-refractivity contribution is -0.140. The van der Waals surface area contributed by atoms with Crippen LogP contribution in [0.1, 0.15) is 41.6 Å². The van der Waals surface area contributed by atoms with Crippen LogP contribution in [0, 0.1) is 11.7 Å². The topological polar surface area (TPSA) is 69.7 Å². The number of likely N-dealkylation sites (tertiary alicyclic amines) is 2. The summed E-state index contributed by atoms with van der Waals surface area (Å²) in [6, 6.07) is 15.2. The van der Waals surface area contributed by atoms with Crippen LogP contribution < -0.4 is 5.32 Å². The van der Waals surface area contributed by atoms with Crippen LogP contribution in [0.25, 0.3) is 6.08 Å². The summed E-state index contributed by atoms with van der Waals surface area (Å²) in [4.78, 5) is 41.5. The second kappa shape index (κ2) is 11.1. The Kier molecular flexibility index (Phi) is 7.72. The third kappa shape index (κ3) is 6.10. The fraction of sp³-hybridized carbons (Fsp3) is 0.370. The normalized spacial score (nSPS) is 17.7. The minimum atomic E-state index is -0.373. The van der Waals surface area contributed by atoms with Gasteiger partial charge >= 0.3 is 0 Å². The molecule has 2 aliphatic heterocycles. The number of rotatable bonds is 5. The van der Waals surface area contributed by atoms with Crippen molar-refractivity contribution < 1.29 is 18.8 Å². The molecular formula is C27H30FN3O3. The maximum Gasteiger partial charge on any atom is 0.251 e. The van der Waals surface area contributed by atoms with Gasteiger partial charge < -0.3 is 15.1 Å². The third-order valence-electron chi connectivity index (χ3n) is 6.62. The van der Waals surface area contributed by atoms with Crippen LogP contribution in [0.3, 0.4) is 0 Å². The first-order valence-electron chi connectivity index (χ1n) is 11.9. The second-order valence-corrected chi connectivity index (χ2v) is 8.92. The number of carbonyl (C=O) groups is 3. The molecule has 2 fully saturated rings. The number of nitrogens with zero attached hydrogens (tertiary/aromatic N) is 2. The molecule has 6 nitrogen and oxygen atoms in total. The third-order valence-corrected chi connectivity index (χ3v) is 6.62. The molecule has 0 unspecified atom stereocenters. The molecule has 2 saturated heterocycles. The number of carbonyl (C=O) groups excluding carboxylic acids is 3. The van der Waals surface area contributed by atoms with E-state index < -0.39 is 0 Å². The smallest absolute Gasteiger partial charge is 0.251 e. The van der Waals surface area contributed by atoms with Crippen LogP contribution in [0.2, 0.25) is 0 Å². The second-order valence-electron chi connectivity index (χ2n) is 8.92. The average Bonchev–Trinajstić information content (AvgIpc) is 2.88. The van der Waals surface area contributed by atoms with Gasteiger partial charge in [0.05, 0.1) is 0 Å². The van der Waals surface area contributed by atoms with Crippen LogP contribution in [0.5, 0.6) is 0 Å². The summed E-state index contributed by atoms with van der Waals surface area (Å²) in [5.74, 6) is -0.527. The maximum absolute atomic E-state index is 13.0. The highest BCUT2D eigenvalue weighted by Gasteiger charge is 2.32. The van der Waals surface area contributed by atoms with Gasteiger partial charge in [-0.15, -0.1) is 0 Å². The lowest BCUT2D eigenvalue weighted by Gasteiger charge is -2.37. The molecule has 0 atom stereocenters. The summed E-state index contributed by atoms with van der Waals surface area (Å²) in [6.45, 7) is 2.37. The summed E-state index contributed by atoms with van der Waals surface area (Å²) in [6.07, 6.45) is 6.15. The summed E-state index contributed by atoms with van der Waals surface area (Å²) in [5.41, 5.74) is 1.41. The highest BCUT2D eigenvalue weighted by molar-refractivity contribution is 5.94. The van der Waals surface area contributed by atoms with Crippen molar-refractivity contribution in [1.29, 1.82) is 0 Å². The standard InChI is InChI=1S/C27H30FN3O3/c28-23-9-7-21(8-10-23)26(33)29-24-14-18-31(19-15-24)27(34)22-12-16-30(17-13-22)25(32)11-6-20-4-2-1-3-5-20/h1-11,22,24H,12-19H2,(H,29,33)/b11-6+. The van der Waals surface area contributed by atoms with E-state index in [1.807, 2.05) is 41.3 Å². The predicted octanol–water partition coefficient (Wildman–Crippen LogP) is 3.50. The molecule has 2 aliphatic rings. The van der Waals surface area contributed by atoms with Gasteiger partial charge in [-0.05, 0) is 61.6 Å². The molecule has 3 amide bonds. The van der Waals surface area contributed by atoms with Gasteiger partial charge in [-0.3, -0.25) is 14.4 Å². The Morgan fingerprint density at radius 1 is 0.824 bits per heavy atom. The van der Waals surface area contributed by atoms with Gasteiger partial charge in [-0.2, -0.15) is 0 Å². The number of benzene rings is 2. The lowest BCUT2D eigenvalue weighted by atomic mass is 9.93. The summed E-state index contributed by atoms with van der Waals surface area (Å²) < 4.78 is 13.0. The quantitative estimate of drug-likeness (QED) is 0.690. The van der Waals surface area contributed by atoms with Crippen molar-refractivity contribution in [3.8, 4) is 0 Å². The molecule has 2 aromatic rings. The van der Waals surface area contributed by atoms with Gasteiger partial charge in [-0.1, -0.05) is 30.3 Å². The molecule has 2 aromatic carbocycles. The monoisotopic (exact) mass is 463 g/mol. The van der Waals surface area contributed by atoms with E-state index in [1.165, 1.54) is 24.3 Å². The number of hydrogen-bond donors (Lipinski definition) is 1. The van der Waals surface area contributed by atoms with Crippen LogP contribution in [0.4, 0.5) is 4.39 Å². The van der Waals surface area contributed by atoms with Crippen molar-refractivity contribution in [1.82, 2.24) is 15.1 Å². The van der Waals surface area contributed by atoms with Crippen molar-refractivity contribution in [2.75, 3.05) is 26.2 Å². The van der Waals surface area contributed by atoms with E-state index in [2.05, 4.69) is 5.32 Å². The Hall–Kier alpha value is -3.48. The van der Waals surface area contributed by atoms with Crippen molar-refractivity contribution in [2.24, 2.45) is 5.92 Å². The van der Waals surface area contributed by atoms with Crippen molar-refractivity contribution >= 4 is 23.8 Å². The van der Waals surface area contributed by atoms with E-state index in [0.717, 1.165) is 5.56 Å². The Balaban J connectivity index is 1.20. The van der Waals surface area contributed by atoms with Gasteiger partial charge in [-0.25, -0.2) is 4.39 Å². The van der Waals surface area contributed by atoms with Crippen LogP contribution in [-0.4, -0.2) is 59.7 Å². The fourth-order valence-corrected chi connectivity index (χ4v) is 4.56. The first-order chi connectivity index (χ1) is 16.5. The van der Waals surface area contributed by atoms with Gasteiger partial charge in [0, 0.05) is 49.8 Å². The highest BCUT2D eigenvalue weighted by Crippen LogP contribution is 2.22. The van der Waals surface area contributed by atoms with Crippen molar-refractivity contribution in [3.63, 3.8) is 0 Å². The summed E-state index contributed by atoms with van der Waals surface area (Å²) in [7, 11) is 0. The van der Waals surface area contributed by atoms with Gasteiger partial charge in [0.25, 0.3) is 5.91 Å². The fourth-order valence-electron chi connectivity index (χ4n) is 4.56. The Morgan fingerprint density at radius 3 is 2.09 bits per heavy atom. The largest absolute Gasteiger partial charge is 0.349 e. The first-order valence-corrected chi connectivity index (χ1v) is 11.9. The van der Waals surface area contributed by atoms with Gasteiger partial charge in [0.15, 0.2) is 0 Å². The molecule has 178 valence electrons. The zero-order chi connectivity index (χ0) is 23.9. The van der Waals surface area contributed by atoms with E-state index in [1.54, 1.807) is 11.0 Å². The number of hydrogen-bond acceptors (Lipinski definition) is 3. The molecule has 1 N–H and O–H groups in total. The average molecular weight is 464 g/mol. The van der Waals surface area contributed by atoms with Crippen LogP contribution in [0.15, 0.2) is 60.7 Å². The van der Waals surface area contributed by atoms with Gasteiger partial charge in [0.1, 0.15) is 5.82 Å². The number of piperidine rings is 2. The molecule has 0 spiro atoms. The molecule has 2 heterocycles. The Bertz CT molecular complexity index is 1020. The zero-order valence-corrected chi connectivity index (χ0v) is 19.2. The maximum atomic E-state index is 13.0.